The monoisotopic (exact) mass is 360 g/mol. The van der Waals surface area contributed by atoms with Crippen LogP contribution >= 0.6 is 0 Å². The van der Waals surface area contributed by atoms with Crippen LogP contribution in [0.2, 0.25) is 0 Å². The van der Waals surface area contributed by atoms with Gasteiger partial charge >= 0.3 is 5.97 Å². The molecule has 136 valence electrons. The number of carbonyl (C=O) groups is 1. The van der Waals surface area contributed by atoms with Crippen molar-refractivity contribution in [3.8, 4) is 5.75 Å². The Balaban J connectivity index is 2.06. The van der Waals surface area contributed by atoms with Gasteiger partial charge in [0.1, 0.15) is 11.5 Å². The molecule has 5 nitrogen and oxygen atoms in total. The number of ether oxygens (including phenoxy) is 1. The molecule has 0 saturated carbocycles. The number of carbonyl (C=O) groups excluding carboxylic acids is 1. The molecule has 1 aromatic carbocycles. The van der Waals surface area contributed by atoms with Gasteiger partial charge < -0.3 is 14.4 Å². The van der Waals surface area contributed by atoms with Crippen molar-refractivity contribution in [2.75, 3.05) is 6.61 Å². The van der Waals surface area contributed by atoms with Gasteiger partial charge in [-0.05, 0) is 31.5 Å². The summed E-state index contributed by atoms with van der Waals surface area (Å²) in [6, 6.07) is 3.38. The molecule has 26 heavy (non-hydrogen) atoms. The van der Waals surface area contributed by atoms with Gasteiger partial charge in [-0.15, -0.1) is 0 Å². The molecule has 0 saturated heterocycles. The highest BCUT2D eigenvalue weighted by molar-refractivity contribution is 5.93. The van der Waals surface area contributed by atoms with Crippen molar-refractivity contribution in [1.29, 1.82) is 0 Å². The second-order valence-electron chi connectivity index (χ2n) is 5.82. The smallest absolute Gasteiger partial charge is 0.356 e. The SMILES string of the molecule is CCOC(=O)c1cc2c(cn1)c(Cc1cc(F)cc(F)c1O)cn2CC. The van der Waals surface area contributed by atoms with Crippen LogP contribution in [-0.2, 0) is 17.7 Å². The third-order valence-corrected chi connectivity index (χ3v) is 4.16. The number of benzene rings is 1. The Kier molecular flexibility index (Phi) is 4.88. The minimum Gasteiger partial charge on any atom is -0.505 e. The molecule has 7 heteroatoms. The highest BCUT2D eigenvalue weighted by Crippen LogP contribution is 2.29. The zero-order valence-electron chi connectivity index (χ0n) is 14.4. The first-order valence-electron chi connectivity index (χ1n) is 8.26. The Morgan fingerprint density at radius 2 is 2.00 bits per heavy atom. The summed E-state index contributed by atoms with van der Waals surface area (Å²) in [5, 5.41) is 10.6. The third-order valence-electron chi connectivity index (χ3n) is 4.16. The lowest BCUT2D eigenvalue weighted by Gasteiger charge is -2.06. The molecule has 2 aromatic heterocycles. The van der Waals surface area contributed by atoms with Crippen molar-refractivity contribution in [2.24, 2.45) is 0 Å². The van der Waals surface area contributed by atoms with Gasteiger partial charge in [-0.3, -0.25) is 0 Å². The molecule has 0 aliphatic rings. The molecule has 2 heterocycles. The fourth-order valence-corrected chi connectivity index (χ4v) is 2.94. The van der Waals surface area contributed by atoms with Crippen LogP contribution in [0.4, 0.5) is 8.78 Å². The molecule has 0 spiro atoms. The number of hydrogen-bond donors (Lipinski definition) is 1. The van der Waals surface area contributed by atoms with Crippen molar-refractivity contribution in [3.05, 3.63) is 59.0 Å². The number of halogens is 2. The first-order chi connectivity index (χ1) is 12.4. The lowest BCUT2D eigenvalue weighted by molar-refractivity contribution is 0.0519. The van der Waals surface area contributed by atoms with Crippen LogP contribution in [0.1, 0.15) is 35.5 Å². The Morgan fingerprint density at radius 3 is 2.69 bits per heavy atom. The van der Waals surface area contributed by atoms with E-state index < -0.39 is 23.4 Å². The number of phenols is 1. The third kappa shape index (κ3) is 3.24. The van der Waals surface area contributed by atoms with E-state index in [-0.39, 0.29) is 24.3 Å². The van der Waals surface area contributed by atoms with Crippen molar-refractivity contribution >= 4 is 16.9 Å². The number of phenolic OH excluding ortho intramolecular Hbond substituents is 1. The number of rotatable bonds is 5. The van der Waals surface area contributed by atoms with E-state index in [1.807, 2.05) is 17.7 Å². The van der Waals surface area contributed by atoms with E-state index in [1.54, 1.807) is 13.0 Å². The van der Waals surface area contributed by atoms with Crippen LogP contribution < -0.4 is 0 Å². The fraction of sp³-hybridized carbons (Fsp3) is 0.263. The lowest BCUT2D eigenvalue weighted by atomic mass is 10.0. The highest BCUT2D eigenvalue weighted by atomic mass is 19.1. The van der Waals surface area contributed by atoms with Gasteiger partial charge in [-0.2, -0.15) is 0 Å². The normalized spacial score (nSPS) is 11.1. The summed E-state index contributed by atoms with van der Waals surface area (Å²) in [7, 11) is 0. The van der Waals surface area contributed by atoms with E-state index in [4.69, 9.17) is 4.74 Å². The summed E-state index contributed by atoms with van der Waals surface area (Å²) in [6.45, 7) is 4.54. The molecule has 3 aromatic rings. The van der Waals surface area contributed by atoms with Crippen LogP contribution in [0.3, 0.4) is 0 Å². The quantitative estimate of drug-likeness (QED) is 0.703. The zero-order chi connectivity index (χ0) is 18.8. The largest absolute Gasteiger partial charge is 0.505 e. The average Bonchev–Trinajstić information content (AvgIpc) is 2.96. The Morgan fingerprint density at radius 1 is 1.23 bits per heavy atom. The molecule has 0 unspecified atom stereocenters. The minimum atomic E-state index is -0.998. The molecular weight excluding hydrogens is 342 g/mol. The average molecular weight is 360 g/mol. The summed E-state index contributed by atoms with van der Waals surface area (Å²) < 4.78 is 33.9. The van der Waals surface area contributed by atoms with Gasteiger partial charge in [0.2, 0.25) is 0 Å². The van der Waals surface area contributed by atoms with Crippen molar-refractivity contribution in [3.63, 3.8) is 0 Å². The van der Waals surface area contributed by atoms with Gasteiger partial charge in [0.25, 0.3) is 0 Å². The van der Waals surface area contributed by atoms with Crippen molar-refractivity contribution < 1.29 is 23.4 Å². The van der Waals surface area contributed by atoms with E-state index in [0.717, 1.165) is 22.5 Å². The molecule has 0 aliphatic heterocycles. The van der Waals surface area contributed by atoms with Gasteiger partial charge in [0.05, 0.1) is 12.1 Å². The van der Waals surface area contributed by atoms with Gasteiger partial charge in [-0.25, -0.2) is 18.6 Å². The minimum absolute atomic E-state index is 0.129. The van der Waals surface area contributed by atoms with Crippen molar-refractivity contribution in [2.45, 2.75) is 26.8 Å². The molecule has 0 amide bonds. The number of aromatic hydroxyl groups is 1. The molecule has 0 atom stereocenters. The topological polar surface area (TPSA) is 64.3 Å². The standard InChI is InChI=1S/C19H18F2N2O3/c1-3-23-10-12(5-11-6-13(20)7-15(21)18(11)24)14-9-22-16(8-17(14)23)19(25)26-4-2/h6-10,24H,3-5H2,1-2H3. The Labute approximate surface area is 148 Å². The maximum atomic E-state index is 13.6. The summed E-state index contributed by atoms with van der Waals surface area (Å²) in [5.41, 5.74) is 1.84. The maximum Gasteiger partial charge on any atom is 0.356 e. The lowest BCUT2D eigenvalue weighted by Crippen LogP contribution is -2.07. The summed E-state index contributed by atoms with van der Waals surface area (Å²) in [5.74, 6) is -2.83. The number of aromatic nitrogens is 2. The number of hydrogen-bond acceptors (Lipinski definition) is 4. The van der Waals surface area contributed by atoms with E-state index in [9.17, 15) is 18.7 Å². The summed E-state index contributed by atoms with van der Waals surface area (Å²) in [4.78, 5) is 16.0. The van der Waals surface area contributed by atoms with Crippen molar-refractivity contribution in [1.82, 2.24) is 9.55 Å². The maximum absolute atomic E-state index is 13.6. The van der Waals surface area contributed by atoms with Gasteiger partial charge in [0.15, 0.2) is 11.6 Å². The molecular formula is C19H18F2N2O3. The number of nitrogens with zero attached hydrogens (tertiary/aromatic N) is 2. The Hall–Kier alpha value is -2.96. The molecule has 3 rings (SSSR count). The molecule has 0 fully saturated rings. The van der Waals surface area contributed by atoms with Crippen LogP contribution in [-0.4, -0.2) is 27.2 Å². The number of fused-ring (bicyclic) bond motifs is 1. The predicted molar refractivity (Wildman–Crippen MR) is 92.2 cm³/mol. The molecule has 0 radical (unpaired) electrons. The Bertz CT molecular complexity index is 983. The highest BCUT2D eigenvalue weighted by Gasteiger charge is 2.17. The van der Waals surface area contributed by atoms with Crippen LogP contribution in [0.15, 0.2) is 30.6 Å². The fourth-order valence-electron chi connectivity index (χ4n) is 2.94. The predicted octanol–water partition coefficient (Wildman–Crippen LogP) is 3.81. The molecule has 0 bridgehead atoms. The second-order valence-corrected chi connectivity index (χ2v) is 5.82. The van der Waals surface area contributed by atoms with Gasteiger partial charge in [-0.1, -0.05) is 0 Å². The van der Waals surface area contributed by atoms with Gasteiger partial charge in [0, 0.05) is 42.4 Å². The van der Waals surface area contributed by atoms with Crippen LogP contribution in [0.25, 0.3) is 10.9 Å². The van der Waals surface area contributed by atoms with E-state index in [2.05, 4.69) is 4.98 Å². The first kappa shape index (κ1) is 17.8. The molecule has 1 N–H and O–H groups in total. The van der Waals surface area contributed by atoms with E-state index in [1.165, 1.54) is 6.20 Å². The second kappa shape index (κ2) is 7.11. The summed E-state index contributed by atoms with van der Waals surface area (Å²) in [6.07, 6.45) is 3.49. The summed E-state index contributed by atoms with van der Waals surface area (Å²) >= 11 is 0. The van der Waals surface area contributed by atoms with E-state index >= 15 is 0 Å². The van der Waals surface area contributed by atoms with Crippen LogP contribution in [0.5, 0.6) is 5.75 Å². The zero-order valence-corrected chi connectivity index (χ0v) is 14.4. The molecule has 0 aliphatic carbocycles. The van der Waals surface area contributed by atoms with E-state index in [0.29, 0.717) is 12.6 Å². The number of aryl methyl sites for hydroxylation is 1. The first-order valence-corrected chi connectivity index (χ1v) is 8.26. The number of esters is 1. The van der Waals surface area contributed by atoms with Crippen LogP contribution in [0, 0.1) is 11.6 Å². The number of pyridine rings is 1.